The van der Waals surface area contributed by atoms with Crippen LogP contribution in [-0.4, -0.2) is 50.0 Å². The number of rotatable bonds is 10. The summed E-state index contributed by atoms with van der Waals surface area (Å²) < 4.78 is 39.5. The van der Waals surface area contributed by atoms with Gasteiger partial charge in [-0.1, -0.05) is 42.3 Å². The molecule has 0 aliphatic heterocycles. The molecule has 2 aromatic rings. The number of nitrogens with one attached hydrogen (secondary N) is 1. The van der Waals surface area contributed by atoms with Crippen LogP contribution in [-0.2, 0) is 26.2 Å². The molecule has 7 nitrogen and oxygen atoms in total. The van der Waals surface area contributed by atoms with Crippen molar-refractivity contribution >= 4 is 50.7 Å². The first-order chi connectivity index (χ1) is 15.8. The monoisotopic (exact) mass is 531 g/mol. The molecule has 0 spiro atoms. The van der Waals surface area contributed by atoms with Gasteiger partial charge in [0.25, 0.3) is 0 Å². The van der Waals surface area contributed by atoms with Gasteiger partial charge in [0, 0.05) is 12.6 Å². The third-order valence-corrected chi connectivity index (χ3v) is 7.16. The van der Waals surface area contributed by atoms with Crippen molar-refractivity contribution in [1.29, 1.82) is 0 Å². The molecule has 0 unspecified atom stereocenters. The highest BCUT2D eigenvalue weighted by molar-refractivity contribution is 7.92. The Balaban J connectivity index is 2.41. The third-order valence-electron chi connectivity index (χ3n) is 5.28. The van der Waals surface area contributed by atoms with E-state index in [9.17, 15) is 22.4 Å². The van der Waals surface area contributed by atoms with Crippen molar-refractivity contribution in [3.8, 4) is 0 Å². The van der Waals surface area contributed by atoms with Gasteiger partial charge in [-0.15, -0.1) is 0 Å². The van der Waals surface area contributed by atoms with Gasteiger partial charge in [0.05, 0.1) is 22.0 Å². The second-order valence-corrected chi connectivity index (χ2v) is 10.7. The lowest BCUT2D eigenvalue weighted by atomic mass is 10.1. The van der Waals surface area contributed by atoms with E-state index in [-0.39, 0.29) is 29.2 Å². The molecule has 0 bridgehead atoms. The van der Waals surface area contributed by atoms with E-state index in [0.717, 1.165) is 16.6 Å². The maximum atomic E-state index is 13.8. The van der Waals surface area contributed by atoms with Crippen molar-refractivity contribution < 1.29 is 22.4 Å². The Morgan fingerprint density at radius 1 is 1.09 bits per heavy atom. The predicted molar refractivity (Wildman–Crippen MR) is 133 cm³/mol. The molecule has 2 aromatic carbocycles. The van der Waals surface area contributed by atoms with E-state index in [4.69, 9.17) is 23.2 Å². The molecule has 0 saturated heterocycles. The average molecular weight is 532 g/mol. The van der Waals surface area contributed by atoms with Crippen LogP contribution < -0.4 is 9.62 Å². The van der Waals surface area contributed by atoms with E-state index < -0.39 is 34.3 Å². The molecule has 1 N–H and O–H groups in total. The Labute approximate surface area is 209 Å². The molecular weight excluding hydrogens is 504 g/mol. The predicted octanol–water partition coefficient (Wildman–Crippen LogP) is 4.23. The molecule has 186 valence electrons. The van der Waals surface area contributed by atoms with Crippen LogP contribution in [0.2, 0.25) is 10.0 Å². The van der Waals surface area contributed by atoms with E-state index >= 15 is 0 Å². The molecule has 0 fully saturated rings. The zero-order chi connectivity index (χ0) is 25.6. The summed E-state index contributed by atoms with van der Waals surface area (Å²) >= 11 is 12.1. The zero-order valence-electron chi connectivity index (χ0n) is 19.4. The molecule has 0 aliphatic carbocycles. The fraction of sp³-hybridized carbons (Fsp3) is 0.391. The summed E-state index contributed by atoms with van der Waals surface area (Å²) in [5.41, 5.74) is 0.602. The van der Waals surface area contributed by atoms with Crippen LogP contribution >= 0.6 is 23.2 Å². The number of carbonyl (C=O) groups is 2. The van der Waals surface area contributed by atoms with E-state index in [1.54, 1.807) is 25.1 Å². The highest BCUT2D eigenvalue weighted by atomic mass is 35.5. The van der Waals surface area contributed by atoms with Crippen molar-refractivity contribution in [1.82, 2.24) is 10.2 Å². The quantitative estimate of drug-likeness (QED) is 0.496. The molecule has 2 rings (SSSR count). The molecule has 0 radical (unpaired) electrons. The summed E-state index contributed by atoms with van der Waals surface area (Å²) in [7, 11) is -3.94. The van der Waals surface area contributed by atoms with Gasteiger partial charge in [-0.25, -0.2) is 12.8 Å². The first-order valence-electron chi connectivity index (χ1n) is 10.6. The fourth-order valence-corrected chi connectivity index (χ4v) is 4.29. The van der Waals surface area contributed by atoms with Gasteiger partial charge in [-0.3, -0.25) is 13.9 Å². The standard InChI is InChI=1S/C23H28Cl2FN3O4S/c1-5-15(2)27-23(31)16(3)28(13-17-9-10-20(24)21(25)11-17)22(30)14-29(34(4,32)33)19-8-6-7-18(26)12-19/h6-12,15-16H,5,13-14H2,1-4H3,(H,27,31)/t15-,16+/m0/s1. The number of hydrogen-bond acceptors (Lipinski definition) is 4. The number of benzene rings is 2. The van der Waals surface area contributed by atoms with E-state index in [2.05, 4.69) is 5.32 Å². The van der Waals surface area contributed by atoms with Crippen molar-refractivity contribution in [2.45, 2.75) is 45.8 Å². The first kappa shape index (κ1) is 27.9. The van der Waals surface area contributed by atoms with Crippen molar-refractivity contribution in [3.05, 3.63) is 63.9 Å². The van der Waals surface area contributed by atoms with Gasteiger partial charge >= 0.3 is 0 Å². The van der Waals surface area contributed by atoms with Crippen LogP contribution in [0.15, 0.2) is 42.5 Å². The van der Waals surface area contributed by atoms with Gasteiger partial charge in [-0.2, -0.15) is 0 Å². The van der Waals surface area contributed by atoms with Gasteiger partial charge in [0.2, 0.25) is 21.8 Å². The minimum absolute atomic E-state index is 0.00190. The Kier molecular flexibility index (Phi) is 9.73. The topological polar surface area (TPSA) is 86.8 Å². The van der Waals surface area contributed by atoms with Gasteiger partial charge in [0.15, 0.2) is 0 Å². The number of nitrogens with zero attached hydrogens (tertiary/aromatic N) is 2. The summed E-state index contributed by atoms with van der Waals surface area (Å²) in [5, 5.41) is 3.44. The summed E-state index contributed by atoms with van der Waals surface area (Å²) in [6, 6.07) is 8.70. The molecule has 0 heterocycles. The van der Waals surface area contributed by atoms with Crippen LogP contribution in [0.3, 0.4) is 0 Å². The van der Waals surface area contributed by atoms with E-state index in [1.807, 2.05) is 13.8 Å². The number of hydrogen-bond donors (Lipinski definition) is 1. The third kappa shape index (κ3) is 7.58. The van der Waals surface area contributed by atoms with Gasteiger partial charge in [-0.05, 0) is 56.2 Å². The highest BCUT2D eigenvalue weighted by Gasteiger charge is 2.30. The molecule has 2 atom stereocenters. The van der Waals surface area contributed by atoms with Crippen molar-refractivity contribution in [3.63, 3.8) is 0 Å². The molecule has 0 aromatic heterocycles. The molecule has 0 aliphatic rings. The van der Waals surface area contributed by atoms with Crippen LogP contribution in [0.25, 0.3) is 0 Å². The lowest BCUT2D eigenvalue weighted by molar-refractivity contribution is -0.139. The van der Waals surface area contributed by atoms with Crippen molar-refractivity contribution in [2.24, 2.45) is 0 Å². The summed E-state index contributed by atoms with van der Waals surface area (Å²) in [4.78, 5) is 27.5. The van der Waals surface area contributed by atoms with Crippen molar-refractivity contribution in [2.75, 3.05) is 17.1 Å². The van der Waals surface area contributed by atoms with Gasteiger partial charge < -0.3 is 10.2 Å². The van der Waals surface area contributed by atoms with E-state index in [0.29, 0.717) is 17.0 Å². The summed E-state index contributed by atoms with van der Waals surface area (Å²) in [6.45, 7) is 4.67. The van der Waals surface area contributed by atoms with Gasteiger partial charge in [0.1, 0.15) is 18.4 Å². The molecule has 2 amide bonds. The minimum Gasteiger partial charge on any atom is -0.352 e. The number of anilines is 1. The lowest BCUT2D eigenvalue weighted by Gasteiger charge is -2.32. The highest BCUT2D eigenvalue weighted by Crippen LogP contribution is 2.24. The van der Waals surface area contributed by atoms with Crippen LogP contribution in [0.4, 0.5) is 10.1 Å². The summed E-state index contributed by atoms with van der Waals surface area (Å²) in [6.07, 6.45) is 1.62. The number of amides is 2. The Hall–Kier alpha value is -2.36. The zero-order valence-corrected chi connectivity index (χ0v) is 21.7. The SMILES string of the molecule is CC[C@H](C)NC(=O)[C@@H](C)N(Cc1ccc(Cl)c(Cl)c1)C(=O)CN(c1cccc(F)c1)S(C)(=O)=O. The summed E-state index contributed by atoms with van der Waals surface area (Å²) in [5.74, 6) is -1.68. The Morgan fingerprint density at radius 3 is 2.32 bits per heavy atom. The van der Waals surface area contributed by atoms with Crippen LogP contribution in [0, 0.1) is 5.82 Å². The minimum atomic E-state index is -3.94. The van der Waals surface area contributed by atoms with E-state index in [1.165, 1.54) is 23.1 Å². The normalized spacial score (nSPS) is 13.1. The molecular formula is C23H28Cl2FN3O4S. The number of sulfonamides is 1. The smallest absolute Gasteiger partial charge is 0.244 e. The lowest BCUT2D eigenvalue weighted by Crippen LogP contribution is -2.52. The largest absolute Gasteiger partial charge is 0.352 e. The number of halogens is 3. The molecule has 11 heteroatoms. The fourth-order valence-electron chi connectivity index (χ4n) is 3.13. The second-order valence-electron chi connectivity index (χ2n) is 8.01. The molecule has 34 heavy (non-hydrogen) atoms. The van der Waals surface area contributed by atoms with Crippen LogP contribution in [0.5, 0.6) is 0 Å². The average Bonchev–Trinajstić information content (AvgIpc) is 2.76. The first-order valence-corrected chi connectivity index (χ1v) is 13.2. The Bertz CT molecular complexity index is 1150. The second kappa shape index (κ2) is 11.9. The molecule has 0 saturated carbocycles. The van der Waals surface area contributed by atoms with Crippen LogP contribution in [0.1, 0.15) is 32.8 Å². The maximum Gasteiger partial charge on any atom is 0.244 e. The maximum absolute atomic E-state index is 13.8. The Morgan fingerprint density at radius 2 is 1.76 bits per heavy atom. The number of carbonyl (C=O) groups excluding carboxylic acids is 2.